The topological polar surface area (TPSA) is 15.3 Å². The minimum absolute atomic E-state index is 0.650. The molecule has 0 spiro atoms. The smallest absolute Gasteiger partial charge is 0.0108 e. The monoisotopic (exact) mass is 182 g/mol. The maximum absolute atomic E-state index is 3.41. The molecule has 1 saturated heterocycles. The van der Waals surface area contributed by atoms with Crippen molar-refractivity contribution in [2.24, 2.45) is 5.41 Å². The highest BCUT2D eigenvalue weighted by Crippen LogP contribution is 2.38. The molecule has 0 unspecified atom stereocenters. The summed E-state index contributed by atoms with van der Waals surface area (Å²) in [4.78, 5) is 2.64. The second-order valence-corrected chi connectivity index (χ2v) is 5.04. The van der Waals surface area contributed by atoms with Crippen molar-refractivity contribution in [3.63, 3.8) is 0 Å². The Morgan fingerprint density at radius 1 is 1.15 bits per heavy atom. The van der Waals surface area contributed by atoms with Crippen LogP contribution in [0, 0.1) is 5.41 Å². The summed E-state index contributed by atoms with van der Waals surface area (Å²) in [6.45, 7) is 8.72. The zero-order valence-electron chi connectivity index (χ0n) is 8.81. The molecule has 2 heteroatoms. The predicted molar refractivity (Wildman–Crippen MR) is 55.9 cm³/mol. The number of hydrogen-bond acceptors (Lipinski definition) is 2. The van der Waals surface area contributed by atoms with E-state index < -0.39 is 0 Å². The van der Waals surface area contributed by atoms with Gasteiger partial charge in [-0.2, -0.15) is 0 Å². The molecule has 1 aliphatic heterocycles. The Bertz CT molecular complexity index is 155. The summed E-state index contributed by atoms with van der Waals surface area (Å²) < 4.78 is 0. The third-order valence-corrected chi connectivity index (χ3v) is 3.63. The van der Waals surface area contributed by atoms with Crippen LogP contribution in [0.1, 0.15) is 32.6 Å². The number of nitrogens with zero attached hydrogens (tertiary/aromatic N) is 1. The molecule has 0 aromatic carbocycles. The fourth-order valence-corrected chi connectivity index (χ4v) is 2.80. The summed E-state index contributed by atoms with van der Waals surface area (Å²) in [7, 11) is 0. The van der Waals surface area contributed by atoms with Gasteiger partial charge in [-0.15, -0.1) is 0 Å². The van der Waals surface area contributed by atoms with Crippen LogP contribution >= 0.6 is 0 Å². The van der Waals surface area contributed by atoms with Gasteiger partial charge in [-0.25, -0.2) is 0 Å². The normalized spacial score (nSPS) is 29.3. The molecule has 13 heavy (non-hydrogen) atoms. The van der Waals surface area contributed by atoms with Crippen LogP contribution in [0.25, 0.3) is 0 Å². The Labute approximate surface area is 81.7 Å². The number of piperazine rings is 1. The number of rotatable bonds is 2. The maximum atomic E-state index is 3.41. The van der Waals surface area contributed by atoms with Crippen LogP contribution in [0.3, 0.4) is 0 Å². The van der Waals surface area contributed by atoms with E-state index in [1.54, 1.807) is 0 Å². The summed E-state index contributed by atoms with van der Waals surface area (Å²) in [5, 5.41) is 3.41. The van der Waals surface area contributed by atoms with Crippen LogP contribution in [-0.2, 0) is 0 Å². The third kappa shape index (κ3) is 2.44. The first kappa shape index (κ1) is 9.47. The summed E-state index contributed by atoms with van der Waals surface area (Å²) in [6, 6.07) is 0. The van der Waals surface area contributed by atoms with Gasteiger partial charge < -0.3 is 10.2 Å². The molecule has 76 valence electrons. The summed E-state index contributed by atoms with van der Waals surface area (Å²) >= 11 is 0. The molecule has 1 N–H and O–H groups in total. The van der Waals surface area contributed by atoms with Gasteiger partial charge in [0.25, 0.3) is 0 Å². The van der Waals surface area contributed by atoms with E-state index in [-0.39, 0.29) is 0 Å². The highest BCUT2D eigenvalue weighted by atomic mass is 15.2. The number of nitrogens with one attached hydrogen (secondary N) is 1. The Balaban J connectivity index is 1.81. The minimum atomic E-state index is 0.650. The van der Waals surface area contributed by atoms with Crippen molar-refractivity contribution in [2.75, 3.05) is 32.7 Å². The van der Waals surface area contributed by atoms with Crippen LogP contribution < -0.4 is 5.32 Å². The lowest BCUT2D eigenvalue weighted by Crippen LogP contribution is -2.46. The second-order valence-electron chi connectivity index (χ2n) is 5.04. The molecule has 0 radical (unpaired) electrons. The molecule has 1 saturated carbocycles. The largest absolute Gasteiger partial charge is 0.314 e. The van der Waals surface area contributed by atoms with Gasteiger partial charge in [0.05, 0.1) is 0 Å². The molecule has 0 bridgehead atoms. The SMILES string of the molecule is CC1(CN2CCNCC2)CCCC1. The second kappa shape index (κ2) is 3.97. The Morgan fingerprint density at radius 2 is 1.77 bits per heavy atom. The van der Waals surface area contributed by atoms with Crippen molar-refractivity contribution >= 4 is 0 Å². The molecule has 1 heterocycles. The van der Waals surface area contributed by atoms with Crippen molar-refractivity contribution in [3.8, 4) is 0 Å². The van der Waals surface area contributed by atoms with Gasteiger partial charge in [0.1, 0.15) is 0 Å². The van der Waals surface area contributed by atoms with Crippen molar-refractivity contribution in [2.45, 2.75) is 32.6 Å². The Kier molecular flexibility index (Phi) is 2.89. The molecule has 2 fully saturated rings. The molecular formula is C11H22N2. The first-order chi connectivity index (χ1) is 6.29. The molecule has 2 rings (SSSR count). The number of hydrogen-bond donors (Lipinski definition) is 1. The van der Waals surface area contributed by atoms with Gasteiger partial charge in [0, 0.05) is 32.7 Å². The maximum Gasteiger partial charge on any atom is 0.0108 e. The van der Waals surface area contributed by atoms with Gasteiger partial charge in [-0.1, -0.05) is 19.8 Å². The van der Waals surface area contributed by atoms with Crippen LogP contribution in [0.2, 0.25) is 0 Å². The van der Waals surface area contributed by atoms with E-state index in [0.717, 1.165) is 0 Å². The Morgan fingerprint density at radius 3 is 2.38 bits per heavy atom. The van der Waals surface area contributed by atoms with Gasteiger partial charge >= 0.3 is 0 Å². The van der Waals surface area contributed by atoms with E-state index in [9.17, 15) is 0 Å². The van der Waals surface area contributed by atoms with Crippen LogP contribution in [0.4, 0.5) is 0 Å². The fraction of sp³-hybridized carbons (Fsp3) is 1.00. The fourth-order valence-electron chi connectivity index (χ4n) is 2.80. The molecule has 0 aromatic heterocycles. The molecule has 2 nitrogen and oxygen atoms in total. The molecular weight excluding hydrogens is 160 g/mol. The van der Waals surface area contributed by atoms with Crippen LogP contribution in [0.5, 0.6) is 0 Å². The van der Waals surface area contributed by atoms with Gasteiger partial charge in [-0.3, -0.25) is 0 Å². The first-order valence-corrected chi connectivity index (χ1v) is 5.72. The lowest BCUT2D eigenvalue weighted by Gasteiger charge is -2.35. The van der Waals surface area contributed by atoms with E-state index in [0.29, 0.717) is 5.41 Å². The van der Waals surface area contributed by atoms with E-state index in [1.165, 1.54) is 58.4 Å². The lowest BCUT2D eigenvalue weighted by molar-refractivity contribution is 0.152. The van der Waals surface area contributed by atoms with Crippen LogP contribution in [-0.4, -0.2) is 37.6 Å². The van der Waals surface area contributed by atoms with Crippen molar-refractivity contribution < 1.29 is 0 Å². The van der Waals surface area contributed by atoms with Crippen molar-refractivity contribution in [1.82, 2.24) is 10.2 Å². The summed E-state index contributed by atoms with van der Waals surface area (Å²) in [5.74, 6) is 0. The van der Waals surface area contributed by atoms with Gasteiger partial charge in [-0.05, 0) is 18.3 Å². The first-order valence-electron chi connectivity index (χ1n) is 5.72. The lowest BCUT2D eigenvalue weighted by atomic mass is 9.88. The quantitative estimate of drug-likeness (QED) is 0.696. The van der Waals surface area contributed by atoms with Gasteiger partial charge in [0.2, 0.25) is 0 Å². The molecule has 1 aliphatic carbocycles. The van der Waals surface area contributed by atoms with Crippen molar-refractivity contribution in [3.05, 3.63) is 0 Å². The van der Waals surface area contributed by atoms with Crippen LogP contribution in [0.15, 0.2) is 0 Å². The zero-order chi connectivity index (χ0) is 9.15. The van der Waals surface area contributed by atoms with Crippen molar-refractivity contribution in [1.29, 1.82) is 0 Å². The molecule has 2 aliphatic rings. The highest BCUT2D eigenvalue weighted by molar-refractivity contribution is 4.84. The average molecular weight is 182 g/mol. The average Bonchev–Trinajstić information content (AvgIpc) is 2.54. The van der Waals surface area contributed by atoms with Gasteiger partial charge in [0.15, 0.2) is 0 Å². The zero-order valence-corrected chi connectivity index (χ0v) is 8.81. The van der Waals surface area contributed by atoms with E-state index in [2.05, 4.69) is 17.1 Å². The molecule has 0 amide bonds. The third-order valence-electron chi connectivity index (χ3n) is 3.63. The highest BCUT2D eigenvalue weighted by Gasteiger charge is 2.30. The predicted octanol–water partition coefficient (Wildman–Crippen LogP) is 1.47. The Hall–Kier alpha value is -0.0800. The summed E-state index contributed by atoms with van der Waals surface area (Å²) in [5.41, 5.74) is 0.650. The van der Waals surface area contributed by atoms with E-state index in [1.807, 2.05) is 0 Å². The molecule has 0 aromatic rings. The summed E-state index contributed by atoms with van der Waals surface area (Å²) in [6.07, 6.45) is 5.83. The molecule has 0 atom stereocenters. The van der Waals surface area contributed by atoms with E-state index >= 15 is 0 Å². The minimum Gasteiger partial charge on any atom is -0.314 e. The van der Waals surface area contributed by atoms with E-state index in [4.69, 9.17) is 0 Å². The standard InChI is InChI=1S/C11H22N2/c1-11(4-2-3-5-11)10-13-8-6-12-7-9-13/h12H,2-10H2,1H3.